The molecule has 0 amide bonds. The van der Waals surface area contributed by atoms with E-state index in [2.05, 4.69) is 46.9 Å². The number of aromatic nitrogens is 3. The van der Waals surface area contributed by atoms with Gasteiger partial charge < -0.3 is 0 Å². The summed E-state index contributed by atoms with van der Waals surface area (Å²) in [6.07, 6.45) is 2.33. The number of thioether (sulfide) groups is 1. The molecule has 4 rings (SSSR count). The normalized spacial score (nSPS) is 26.6. The number of Topliss-reactive ketones (excluding diaryl/α,β-unsaturated/α-hetero) is 1. The van der Waals surface area contributed by atoms with Crippen LogP contribution in [0.15, 0.2) is 21.1 Å². The van der Waals surface area contributed by atoms with Gasteiger partial charge in [-0.15, -0.1) is 16.4 Å². The Hall–Kier alpha value is -0.790. The van der Waals surface area contributed by atoms with Gasteiger partial charge in [-0.1, -0.05) is 32.5 Å². The minimum Gasteiger partial charge on any atom is -0.292 e. The number of ketones is 1. The molecule has 1 fully saturated rings. The van der Waals surface area contributed by atoms with Crippen molar-refractivity contribution in [3.63, 3.8) is 0 Å². The number of fused-ring (bicyclic) bond motifs is 5. The standard InChI is InChI=1S/C17H18BrN3OS2/c1-16(2)9-6-7-17(16,3)14-13(9)20-21-15(19-14)23-8-10(22)11-4-5-12(18)24-11/h4-5,9H,6-8H2,1-3H3/t9-,17-/m1/s1. The molecule has 24 heavy (non-hydrogen) atoms. The first-order valence-corrected chi connectivity index (χ1v) is 10.6. The molecule has 1 saturated carbocycles. The van der Waals surface area contributed by atoms with E-state index in [1.165, 1.54) is 29.5 Å². The molecule has 2 bridgehead atoms. The second kappa shape index (κ2) is 5.61. The molecule has 2 aliphatic carbocycles. The summed E-state index contributed by atoms with van der Waals surface area (Å²) in [6.45, 7) is 6.94. The summed E-state index contributed by atoms with van der Waals surface area (Å²) in [5, 5.41) is 9.38. The zero-order valence-electron chi connectivity index (χ0n) is 13.8. The molecule has 0 spiro atoms. The molecule has 0 radical (unpaired) electrons. The lowest BCUT2D eigenvalue weighted by molar-refractivity contribution is 0.102. The Bertz CT molecular complexity index is 835. The number of carbonyl (C=O) groups is 1. The molecule has 2 aromatic rings. The first kappa shape index (κ1) is 16.7. The monoisotopic (exact) mass is 423 g/mol. The topological polar surface area (TPSA) is 55.7 Å². The third-order valence-corrected chi connectivity index (χ3v) is 8.46. The van der Waals surface area contributed by atoms with E-state index in [0.29, 0.717) is 16.8 Å². The molecule has 0 unspecified atom stereocenters. The van der Waals surface area contributed by atoms with E-state index in [0.717, 1.165) is 26.5 Å². The molecule has 2 aliphatic rings. The van der Waals surface area contributed by atoms with Crippen LogP contribution >= 0.6 is 39.0 Å². The number of thiophene rings is 1. The predicted octanol–water partition coefficient (Wildman–Crippen LogP) is 4.85. The Labute approximate surface area is 158 Å². The van der Waals surface area contributed by atoms with Gasteiger partial charge in [-0.05, 0) is 46.3 Å². The number of rotatable bonds is 4. The quantitative estimate of drug-likeness (QED) is 0.519. The van der Waals surface area contributed by atoms with E-state index in [1.807, 2.05) is 12.1 Å². The summed E-state index contributed by atoms with van der Waals surface area (Å²) in [5.74, 6) is 0.909. The minimum absolute atomic E-state index is 0.0703. The summed E-state index contributed by atoms with van der Waals surface area (Å²) < 4.78 is 0.970. The van der Waals surface area contributed by atoms with Gasteiger partial charge in [0.05, 0.1) is 25.8 Å². The van der Waals surface area contributed by atoms with Crippen LogP contribution in [0, 0.1) is 5.41 Å². The van der Waals surface area contributed by atoms with Crippen LogP contribution in [0.25, 0.3) is 0 Å². The van der Waals surface area contributed by atoms with Crippen LogP contribution in [0.1, 0.15) is 60.6 Å². The third kappa shape index (κ3) is 2.31. The summed E-state index contributed by atoms with van der Waals surface area (Å²) >= 11 is 6.23. The summed E-state index contributed by atoms with van der Waals surface area (Å²) in [4.78, 5) is 17.8. The fraction of sp³-hybridized carbons (Fsp3) is 0.529. The first-order chi connectivity index (χ1) is 11.3. The molecule has 2 heterocycles. The van der Waals surface area contributed by atoms with Gasteiger partial charge in [0.2, 0.25) is 5.16 Å². The molecule has 2 atom stereocenters. The Morgan fingerprint density at radius 2 is 2.17 bits per heavy atom. The first-order valence-electron chi connectivity index (χ1n) is 7.99. The van der Waals surface area contributed by atoms with Crippen molar-refractivity contribution in [2.75, 3.05) is 5.75 Å². The predicted molar refractivity (Wildman–Crippen MR) is 100 cm³/mol. The fourth-order valence-corrected chi connectivity index (χ4v) is 6.17. The Morgan fingerprint density at radius 3 is 2.88 bits per heavy atom. The molecule has 0 aliphatic heterocycles. The lowest BCUT2D eigenvalue weighted by Gasteiger charge is -2.33. The van der Waals surface area contributed by atoms with Crippen LogP contribution in [-0.4, -0.2) is 26.7 Å². The molecule has 0 aromatic carbocycles. The van der Waals surface area contributed by atoms with Gasteiger partial charge in [0, 0.05) is 11.3 Å². The van der Waals surface area contributed by atoms with Gasteiger partial charge in [-0.2, -0.15) is 5.10 Å². The van der Waals surface area contributed by atoms with Gasteiger partial charge in [0.15, 0.2) is 5.78 Å². The third-order valence-electron chi connectivity index (χ3n) is 5.95. The molecule has 7 heteroatoms. The highest BCUT2D eigenvalue weighted by molar-refractivity contribution is 9.11. The van der Waals surface area contributed by atoms with Crippen molar-refractivity contribution >= 4 is 44.8 Å². The van der Waals surface area contributed by atoms with Crippen LogP contribution in [0.3, 0.4) is 0 Å². The van der Waals surface area contributed by atoms with Crippen molar-refractivity contribution in [2.45, 2.75) is 50.1 Å². The van der Waals surface area contributed by atoms with Crippen molar-refractivity contribution in [1.29, 1.82) is 0 Å². The summed E-state index contributed by atoms with van der Waals surface area (Å²) in [6, 6.07) is 3.75. The van der Waals surface area contributed by atoms with Crippen LogP contribution in [0.4, 0.5) is 0 Å². The molecular weight excluding hydrogens is 406 g/mol. The highest BCUT2D eigenvalue weighted by Gasteiger charge is 2.61. The molecule has 4 nitrogen and oxygen atoms in total. The van der Waals surface area contributed by atoms with Crippen LogP contribution in [0.2, 0.25) is 0 Å². The Morgan fingerprint density at radius 1 is 1.38 bits per heavy atom. The van der Waals surface area contributed by atoms with Crippen molar-refractivity contribution in [3.05, 3.63) is 32.2 Å². The molecule has 2 aromatic heterocycles. The largest absolute Gasteiger partial charge is 0.292 e. The maximum Gasteiger partial charge on any atom is 0.209 e. The van der Waals surface area contributed by atoms with Gasteiger partial charge in [-0.3, -0.25) is 4.79 Å². The number of nitrogens with zero attached hydrogens (tertiary/aromatic N) is 3. The molecule has 126 valence electrons. The zero-order valence-corrected chi connectivity index (χ0v) is 17.0. The van der Waals surface area contributed by atoms with Crippen LogP contribution in [0.5, 0.6) is 0 Å². The average molecular weight is 424 g/mol. The van der Waals surface area contributed by atoms with E-state index < -0.39 is 0 Å². The second-order valence-corrected chi connectivity index (χ2v) is 10.7. The molecule has 0 saturated heterocycles. The average Bonchev–Trinajstić information content (AvgIpc) is 3.12. The molecular formula is C17H18BrN3OS2. The number of hydrogen-bond donors (Lipinski definition) is 0. The van der Waals surface area contributed by atoms with Crippen molar-refractivity contribution in [1.82, 2.24) is 15.2 Å². The summed E-state index contributed by atoms with van der Waals surface area (Å²) in [7, 11) is 0. The van der Waals surface area contributed by atoms with E-state index in [9.17, 15) is 4.79 Å². The smallest absolute Gasteiger partial charge is 0.209 e. The van der Waals surface area contributed by atoms with Gasteiger partial charge in [0.25, 0.3) is 0 Å². The highest BCUT2D eigenvalue weighted by atomic mass is 79.9. The van der Waals surface area contributed by atoms with E-state index in [-0.39, 0.29) is 16.6 Å². The van der Waals surface area contributed by atoms with E-state index in [4.69, 9.17) is 4.98 Å². The maximum absolute atomic E-state index is 12.3. The Kier molecular flexibility index (Phi) is 3.89. The van der Waals surface area contributed by atoms with Crippen molar-refractivity contribution in [2.24, 2.45) is 5.41 Å². The number of hydrogen-bond acceptors (Lipinski definition) is 6. The van der Waals surface area contributed by atoms with Crippen molar-refractivity contribution < 1.29 is 4.79 Å². The zero-order chi connectivity index (χ0) is 17.1. The van der Waals surface area contributed by atoms with Crippen LogP contribution < -0.4 is 0 Å². The second-order valence-electron chi connectivity index (χ2n) is 7.29. The van der Waals surface area contributed by atoms with E-state index in [1.54, 1.807) is 0 Å². The maximum atomic E-state index is 12.3. The van der Waals surface area contributed by atoms with Gasteiger partial charge in [-0.25, -0.2) is 4.98 Å². The lowest BCUT2D eigenvalue weighted by Crippen LogP contribution is -2.32. The molecule has 0 N–H and O–H groups in total. The number of carbonyl (C=O) groups excluding carboxylic acids is 1. The number of halogens is 1. The SMILES string of the molecule is CC1(C)[C@@H]2CC[C@]1(C)c1nc(SCC(=O)c3ccc(Br)s3)nnc12. The minimum atomic E-state index is 0.0703. The van der Waals surface area contributed by atoms with Gasteiger partial charge >= 0.3 is 0 Å². The van der Waals surface area contributed by atoms with Crippen molar-refractivity contribution in [3.8, 4) is 0 Å². The summed E-state index contributed by atoms with van der Waals surface area (Å²) in [5.41, 5.74) is 2.43. The highest BCUT2D eigenvalue weighted by Crippen LogP contribution is 2.66. The van der Waals surface area contributed by atoms with Crippen LogP contribution in [-0.2, 0) is 5.41 Å². The fourth-order valence-electron chi connectivity index (χ4n) is 4.09. The Balaban J connectivity index is 1.55. The van der Waals surface area contributed by atoms with Gasteiger partial charge in [0.1, 0.15) is 0 Å². The van der Waals surface area contributed by atoms with E-state index >= 15 is 0 Å². The lowest BCUT2D eigenvalue weighted by atomic mass is 9.70.